The Hall–Kier alpha value is -2.33. The number of hydrogen-bond acceptors (Lipinski definition) is 3. The number of carbonyl (C=O) groups is 1. The minimum Gasteiger partial charge on any atom is -0.378 e. The molecule has 28 heavy (non-hydrogen) atoms. The molecule has 0 radical (unpaired) electrons. The van der Waals surface area contributed by atoms with Crippen molar-refractivity contribution in [1.82, 2.24) is 10.2 Å². The molecule has 3 rings (SSSR count). The molecular formula is C24H33N3O. The summed E-state index contributed by atoms with van der Waals surface area (Å²) >= 11 is 0. The minimum absolute atomic E-state index is 0.141. The van der Waals surface area contributed by atoms with Crippen molar-refractivity contribution >= 4 is 11.6 Å². The summed E-state index contributed by atoms with van der Waals surface area (Å²) in [5, 5.41) is 3.18. The minimum atomic E-state index is 0.141. The zero-order valence-electron chi connectivity index (χ0n) is 17.6. The lowest BCUT2D eigenvalue weighted by molar-refractivity contribution is -0.122. The Kier molecular flexibility index (Phi) is 6.74. The van der Waals surface area contributed by atoms with Crippen molar-refractivity contribution in [3.05, 3.63) is 65.2 Å². The standard InChI is InChI=1S/C24H33N3O/c1-18(2)15-24(28)25-16-23(20-9-11-22(12-10-20)26(3)4)27-14-13-19-7-5-6-8-21(19)17-27/h5-12,18,23H,13-17H2,1-4H3,(H,25,28)/t23-/m1/s1. The second kappa shape index (κ2) is 9.24. The quantitative estimate of drug-likeness (QED) is 0.789. The molecule has 0 saturated heterocycles. The average Bonchev–Trinajstić information content (AvgIpc) is 2.68. The Bertz CT molecular complexity index is 783. The van der Waals surface area contributed by atoms with E-state index in [-0.39, 0.29) is 11.9 Å². The van der Waals surface area contributed by atoms with E-state index in [9.17, 15) is 4.79 Å². The van der Waals surface area contributed by atoms with Gasteiger partial charge in [0.2, 0.25) is 5.91 Å². The van der Waals surface area contributed by atoms with Crippen molar-refractivity contribution in [2.24, 2.45) is 5.92 Å². The molecule has 1 aliphatic heterocycles. The van der Waals surface area contributed by atoms with Gasteiger partial charge in [-0.05, 0) is 41.2 Å². The van der Waals surface area contributed by atoms with Crippen LogP contribution in [0.25, 0.3) is 0 Å². The number of benzene rings is 2. The lowest BCUT2D eigenvalue weighted by atomic mass is 9.96. The molecule has 0 aliphatic carbocycles. The normalized spacial score (nSPS) is 15.2. The maximum Gasteiger partial charge on any atom is 0.220 e. The lowest BCUT2D eigenvalue weighted by Crippen LogP contribution is -2.40. The van der Waals surface area contributed by atoms with Crippen LogP contribution in [-0.2, 0) is 17.8 Å². The van der Waals surface area contributed by atoms with Crippen molar-refractivity contribution in [2.75, 3.05) is 32.1 Å². The molecule has 0 spiro atoms. The van der Waals surface area contributed by atoms with Crippen molar-refractivity contribution in [3.8, 4) is 0 Å². The topological polar surface area (TPSA) is 35.6 Å². The summed E-state index contributed by atoms with van der Waals surface area (Å²) in [6.07, 6.45) is 1.64. The van der Waals surface area contributed by atoms with Crippen LogP contribution < -0.4 is 10.2 Å². The monoisotopic (exact) mass is 379 g/mol. The van der Waals surface area contributed by atoms with Gasteiger partial charge in [-0.1, -0.05) is 50.2 Å². The Labute approximate surface area is 169 Å². The number of nitrogens with zero attached hydrogens (tertiary/aromatic N) is 2. The predicted molar refractivity (Wildman–Crippen MR) is 117 cm³/mol. The van der Waals surface area contributed by atoms with Crippen molar-refractivity contribution in [1.29, 1.82) is 0 Å². The van der Waals surface area contributed by atoms with Gasteiger partial charge in [-0.2, -0.15) is 0 Å². The average molecular weight is 380 g/mol. The van der Waals surface area contributed by atoms with Gasteiger partial charge >= 0.3 is 0 Å². The van der Waals surface area contributed by atoms with Crippen LogP contribution in [0.15, 0.2) is 48.5 Å². The molecule has 1 N–H and O–H groups in total. The first kappa shape index (κ1) is 20.4. The van der Waals surface area contributed by atoms with Gasteiger partial charge in [-0.3, -0.25) is 9.69 Å². The zero-order valence-corrected chi connectivity index (χ0v) is 17.6. The molecule has 4 nitrogen and oxygen atoms in total. The largest absolute Gasteiger partial charge is 0.378 e. The molecule has 0 saturated carbocycles. The number of fused-ring (bicyclic) bond motifs is 1. The number of amides is 1. The summed E-state index contributed by atoms with van der Waals surface area (Å²) in [5.41, 5.74) is 5.30. The summed E-state index contributed by atoms with van der Waals surface area (Å²) in [6.45, 7) is 6.75. The van der Waals surface area contributed by atoms with Crippen LogP contribution in [0.1, 0.15) is 43.0 Å². The first-order valence-corrected chi connectivity index (χ1v) is 10.3. The highest BCUT2D eigenvalue weighted by molar-refractivity contribution is 5.76. The van der Waals surface area contributed by atoms with Crippen LogP contribution >= 0.6 is 0 Å². The van der Waals surface area contributed by atoms with E-state index in [1.807, 2.05) is 0 Å². The first-order chi connectivity index (χ1) is 13.4. The van der Waals surface area contributed by atoms with E-state index in [0.717, 1.165) is 19.5 Å². The van der Waals surface area contributed by atoms with Crippen molar-refractivity contribution in [3.63, 3.8) is 0 Å². The Balaban J connectivity index is 1.79. The molecule has 2 aromatic carbocycles. The SMILES string of the molecule is CC(C)CC(=O)NC[C@H](c1ccc(N(C)C)cc1)N1CCc2ccccc2C1. The molecule has 0 bridgehead atoms. The number of nitrogens with one attached hydrogen (secondary N) is 1. The second-order valence-electron chi connectivity index (χ2n) is 8.39. The summed E-state index contributed by atoms with van der Waals surface area (Å²) in [4.78, 5) is 16.9. The van der Waals surface area contributed by atoms with Crippen LogP contribution in [0.2, 0.25) is 0 Å². The highest BCUT2D eigenvalue weighted by Gasteiger charge is 2.25. The van der Waals surface area contributed by atoms with Gasteiger partial charge in [0.25, 0.3) is 0 Å². The number of carbonyl (C=O) groups excluding carboxylic acids is 1. The smallest absolute Gasteiger partial charge is 0.220 e. The summed E-state index contributed by atoms with van der Waals surface area (Å²) in [7, 11) is 4.11. The van der Waals surface area contributed by atoms with Gasteiger partial charge in [0.1, 0.15) is 0 Å². The van der Waals surface area contributed by atoms with Crippen LogP contribution in [0.3, 0.4) is 0 Å². The predicted octanol–water partition coefficient (Wildman–Crippen LogP) is 4.01. The van der Waals surface area contributed by atoms with Gasteiger partial charge in [-0.25, -0.2) is 0 Å². The van der Waals surface area contributed by atoms with Crippen LogP contribution in [0.5, 0.6) is 0 Å². The van der Waals surface area contributed by atoms with Gasteiger partial charge in [0.05, 0.1) is 6.04 Å². The van der Waals surface area contributed by atoms with Gasteiger partial charge in [0, 0.05) is 45.8 Å². The molecule has 1 amide bonds. The maximum absolute atomic E-state index is 12.3. The Morgan fingerprint density at radius 2 is 1.75 bits per heavy atom. The van der Waals surface area contributed by atoms with Gasteiger partial charge < -0.3 is 10.2 Å². The van der Waals surface area contributed by atoms with Gasteiger partial charge in [-0.15, -0.1) is 0 Å². The van der Waals surface area contributed by atoms with E-state index < -0.39 is 0 Å². The lowest BCUT2D eigenvalue weighted by Gasteiger charge is -2.36. The van der Waals surface area contributed by atoms with Gasteiger partial charge in [0.15, 0.2) is 0 Å². The highest BCUT2D eigenvalue weighted by Crippen LogP contribution is 2.28. The number of anilines is 1. The van der Waals surface area contributed by atoms with Crippen LogP contribution in [-0.4, -0.2) is 38.0 Å². The zero-order chi connectivity index (χ0) is 20.1. The van der Waals surface area contributed by atoms with E-state index >= 15 is 0 Å². The van der Waals surface area contributed by atoms with Crippen LogP contribution in [0.4, 0.5) is 5.69 Å². The third-order valence-electron chi connectivity index (χ3n) is 5.48. The first-order valence-electron chi connectivity index (χ1n) is 10.3. The fourth-order valence-corrected chi connectivity index (χ4v) is 3.89. The fourth-order valence-electron chi connectivity index (χ4n) is 3.89. The molecule has 0 unspecified atom stereocenters. The van der Waals surface area contributed by atoms with E-state index in [1.54, 1.807) is 0 Å². The third kappa shape index (κ3) is 5.14. The molecule has 0 fully saturated rings. The molecule has 1 aliphatic rings. The van der Waals surface area contributed by atoms with Crippen LogP contribution in [0, 0.1) is 5.92 Å². The van der Waals surface area contributed by atoms with E-state index in [2.05, 4.69) is 91.6 Å². The second-order valence-corrected chi connectivity index (χ2v) is 8.39. The molecule has 2 aromatic rings. The molecule has 1 atom stereocenters. The highest BCUT2D eigenvalue weighted by atomic mass is 16.1. The van der Waals surface area contributed by atoms with E-state index in [1.165, 1.54) is 22.4 Å². The Morgan fingerprint density at radius 3 is 2.39 bits per heavy atom. The van der Waals surface area contributed by atoms with E-state index in [0.29, 0.717) is 18.9 Å². The summed E-state index contributed by atoms with van der Waals surface area (Å²) in [5.74, 6) is 0.516. The van der Waals surface area contributed by atoms with Crippen molar-refractivity contribution in [2.45, 2.75) is 39.3 Å². The molecule has 1 heterocycles. The molecule has 150 valence electrons. The maximum atomic E-state index is 12.3. The molecule has 4 heteroatoms. The van der Waals surface area contributed by atoms with E-state index in [4.69, 9.17) is 0 Å². The molecule has 0 aromatic heterocycles. The van der Waals surface area contributed by atoms with Crippen molar-refractivity contribution < 1.29 is 4.79 Å². The molecular weight excluding hydrogens is 346 g/mol. The number of hydrogen-bond donors (Lipinski definition) is 1. The Morgan fingerprint density at radius 1 is 1.07 bits per heavy atom. The summed E-state index contributed by atoms with van der Waals surface area (Å²) < 4.78 is 0. The summed E-state index contributed by atoms with van der Waals surface area (Å²) in [6, 6.07) is 17.6. The fraction of sp³-hybridized carbons (Fsp3) is 0.458. The number of rotatable bonds is 7. The third-order valence-corrected chi connectivity index (χ3v) is 5.48.